The predicted octanol–water partition coefficient (Wildman–Crippen LogP) is 5.42. The topological polar surface area (TPSA) is 71.4 Å². The van der Waals surface area contributed by atoms with E-state index in [1.807, 2.05) is 80.1 Å². The Morgan fingerprint density at radius 3 is 2.69 bits per heavy atom. The van der Waals surface area contributed by atoms with Crippen LogP contribution in [0.3, 0.4) is 0 Å². The lowest BCUT2D eigenvalue weighted by Gasteiger charge is -2.19. The van der Waals surface area contributed by atoms with Crippen LogP contribution in [0.1, 0.15) is 31.4 Å². The number of para-hydroxylation sites is 1. The molecule has 1 N–H and O–H groups in total. The van der Waals surface area contributed by atoms with Crippen molar-refractivity contribution in [2.45, 2.75) is 39.8 Å². The van der Waals surface area contributed by atoms with Crippen LogP contribution in [-0.2, 0) is 16.1 Å². The number of amides is 3. The lowest BCUT2D eigenvalue weighted by molar-refractivity contribution is -0.124. The van der Waals surface area contributed by atoms with E-state index in [1.54, 1.807) is 6.08 Å². The Morgan fingerprint density at radius 2 is 1.94 bits per heavy atom. The molecule has 2 aromatic carbocycles. The molecular formula is C25H25N3O3S. The van der Waals surface area contributed by atoms with Gasteiger partial charge in [0.1, 0.15) is 6.54 Å². The number of nitrogens with zero attached hydrogens (tertiary/aromatic N) is 2. The average Bonchev–Trinajstić information content (AvgIpc) is 3.24. The lowest BCUT2D eigenvalue weighted by atomic mass is 10.1. The number of thioether (sulfide) groups is 1. The highest BCUT2D eigenvalue weighted by Gasteiger charge is 2.37. The third-order valence-corrected chi connectivity index (χ3v) is 6.46. The summed E-state index contributed by atoms with van der Waals surface area (Å²) in [5.74, 6) is -0.400. The van der Waals surface area contributed by atoms with Gasteiger partial charge in [-0.3, -0.25) is 19.3 Å². The van der Waals surface area contributed by atoms with Crippen molar-refractivity contribution in [1.29, 1.82) is 0 Å². The van der Waals surface area contributed by atoms with Crippen LogP contribution in [0.5, 0.6) is 0 Å². The molecule has 0 saturated carbocycles. The first-order chi connectivity index (χ1) is 15.4. The molecule has 3 aromatic rings. The zero-order valence-electron chi connectivity index (χ0n) is 18.3. The molecule has 2 heterocycles. The van der Waals surface area contributed by atoms with Gasteiger partial charge in [-0.05, 0) is 61.9 Å². The van der Waals surface area contributed by atoms with Crippen molar-refractivity contribution in [1.82, 2.24) is 9.47 Å². The van der Waals surface area contributed by atoms with Gasteiger partial charge >= 0.3 is 0 Å². The second-order valence-corrected chi connectivity index (χ2v) is 8.95. The maximum atomic E-state index is 12.8. The molecule has 0 bridgehead atoms. The summed E-state index contributed by atoms with van der Waals surface area (Å²) < 4.78 is 1.87. The van der Waals surface area contributed by atoms with Gasteiger partial charge in [0, 0.05) is 34.4 Å². The normalized spacial score (nSPS) is 16.2. The summed E-state index contributed by atoms with van der Waals surface area (Å²) in [5.41, 5.74) is 3.52. The number of anilines is 1. The molecule has 1 atom stereocenters. The molecule has 0 radical (unpaired) electrons. The predicted molar refractivity (Wildman–Crippen MR) is 129 cm³/mol. The van der Waals surface area contributed by atoms with Crippen LogP contribution in [-0.4, -0.2) is 32.6 Å². The zero-order valence-corrected chi connectivity index (χ0v) is 19.1. The number of imide groups is 1. The Hall–Kier alpha value is -3.32. The van der Waals surface area contributed by atoms with E-state index in [0.29, 0.717) is 11.3 Å². The van der Waals surface area contributed by atoms with Crippen molar-refractivity contribution in [3.8, 4) is 0 Å². The quantitative estimate of drug-likeness (QED) is 0.512. The Kier molecular flexibility index (Phi) is 6.19. The van der Waals surface area contributed by atoms with Crippen molar-refractivity contribution < 1.29 is 14.4 Å². The second kappa shape index (κ2) is 9.04. The number of nitrogens with one attached hydrogen (secondary N) is 1. The van der Waals surface area contributed by atoms with Crippen LogP contribution in [0.4, 0.5) is 10.5 Å². The number of rotatable bonds is 6. The Balaban J connectivity index is 1.62. The fourth-order valence-corrected chi connectivity index (χ4v) is 4.70. The number of hydrogen-bond acceptors (Lipinski definition) is 4. The maximum absolute atomic E-state index is 12.8. The molecule has 1 aliphatic rings. The van der Waals surface area contributed by atoms with Crippen molar-refractivity contribution in [2.75, 3.05) is 5.32 Å². The minimum Gasteiger partial charge on any atom is -0.337 e. The van der Waals surface area contributed by atoms with E-state index >= 15 is 0 Å². The minimum atomic E-state index is -0.261. The maximum Gasteiger partial charge on any atom is 0.293 e. The van der Waals surface area contributed by atoms with Crippen molar-refractivity contribution in [2.24, 2.45) is 0 Å². The lowest BCUT2D eigenvalue weighted by Crippen LogP contribution is -2.36. The standard InChI is InChI=1S/C25H25N3O3S/c1-4-17(3)28-24(30)22(32-25(28)31)13-18-14-27(21-11-6-5-10-20(18)21)15-23(29)26-19-9-7-8-16(2)12-19/h5-14,17H,4,15H2,1-3H3,(H,26,29)/b22-13+/t17-/m1/s1. The van der Waals surface area contributed by atoms with E-state index in [1.165, 1.54) is 4.90 Å². The van der Waals surface area contributed by atoms with E-state index in [-0.39, 0.29) is 29.6 Å². The number of fused-ring (bicyclic) bond motifs is 1. The van der Waals surface area contributed by atoms with Gasteiger partial charge in [-0.2, -0.15) is 0 Å². The third kappa shape index (κ3) is 4.34. The summed E-state index contributed by atoms with van der Waals surface area (Å²) in [7, 11) is 0. The van der Waals surface area contributed by atoms with Crippen molar-refractivity contribution in [3.05, 3.63) is 70.8 Å². The molecule has 0 unspecified atom stereocenters. The second-order valence-electron chi connectivity index (χ2n) is 7.96. The molecule has 1 aromatic heterocycles. The van der Waals surface area contributed by atoms with E-state index in [9.17, 15) is 14.4 Å². The molecule has 164 valence electrons. The summed E-state index contributed by atoms with van der Waals surface area (Å²) >= 11 is 0.965. The number of benzene rings is 2. The highest BCUT2D eigenvalue weighted by Crippen LogP contribution is 2.35. The van der Waals surface area contributed by atoms with E-state index < -0.39 is 0 Å². The number of aromatic nitrogens is 1. The summed E-state index contributed by atoms with van der Waals surface area (Å²) in [6.07, 6.45) is 4.32. The van der Waals surface area contributed by atoms with Gasteiger partial charge in [-0.15, -0.1) is 0 Å². The van der Waals surface area contributed by atoms with Crippen LogP contribution < -0.4 is 5.32 Å². The molecule has 0 aliphatic carbocycles. The summed E-state index contributed by atoms with van der Waals surface area (Å²) in [4.78, 5) is 39.6. The smallest absolute Gasteiger partial charge is 0.293 e. The first-order valence-electron chi connectivity index (χ1n) is 10.6. The molecule has 0 spiro atoms. The highest BCUT2D eigenvalue weighted by atomic mass is 32.2. The van der Waals surface area contributed by atoms with Crippen LogP contribution in [0.2, 0.25) is 0 Å². The van der Waals surface area contributed by atoms with Gasteiger partial charge < -0.3 is 9.88 Å². The van der Waals surface area contributed by atoms with Gasteiger partial charge in [0.15, 0.2) is 0 Å². The van der Waals surface area contributed by atoms with Crippen LogP contribution in [0.25, 0.3) is 17.0 Å². The summed E-state index contributed by atoms with van der Waals surface area (Å²) in [5, 5.41) is 3.61. The van der Waals surface area contributed by atoms with Crippen molar-refractivity contribution >= 4 is 51.5 Å². The molecule has 7 heteroatoms. The molecule has 3 amide bonds. The average molecular weight is 448 g/mol. The van der Waals surface area contributed by atoms with E-state index in [2.05, 4.69) is 5.32 Å². The summed E-state index contributed by atoms with van der Waals surface area (Å²) in [6, 6.07) is 15.2. The molecular weight excluding hydrogens is 422 g/mol. The molecule has 4 rings (SSSR count). The fraction of sp³-hybridized carbons (Fsp3) is 0.240. The van der Waals surface area contributed by atoms with Gasteiger partial charge in [-0.1, -0.05) is 37.3 Å². The highest BCUT2D eigenvalue weighted by molar-refractivity contribution is 8.18. The van der Waals surface area contributed by atoms with Gasteiger partial charge in [0.25, 0.3) is 11.1 Å². The van der Waals surface area contributed by atoms with Gasteiger partial charge in [0.2, 0.25) is 5.91 Å². The zero-order chi connectivity index (χ0) is 22.8. The Morgan fingerprint density at radius 1 is 1.16 bits per heavy atom. The number of carbonyl (C=O) groups excluding carboxylic acids is 3. The third-order valence-electron chi connectivity index (χ3n) is 5.58. The molecule has 1 fully saturated rings. The Labute approximate surface area is 191 Å². The van der Waals surface area contributed by atoms with Crippen LogP contribution >= 0.6 is 11.8 Å². The minimum absolute atomic E-state index is 0.136. The van der Waals surface area contributed by atoms with E-state index in [4.69, 9.17) is 0 Å². The molecule has 6 nitrogen and oxygen atoms in total. The van der Waals surface area contributed by atoms with E-state index in [0.717, 1.165) is 39.5 Å². The fourth-order valence-electron chi connectivity index (χ4n) is 3.78. The molecule has 32 heavy (non-hydrogen) atoms. The van der Waals surface area contributed by atoms with Crippen LogP contribution in [0, 0.1) is 6.92 Å². The Bertz CT molecular complexity index is 1240. The SMILES string of the molecule is CC[C@@H](C)N1C(=O)S/C(=C/c2cn(CC(=O)Nc3cccc(C)c3)c3ccccc23)C1=O. The number of aryl methyl sites for hydroxylation is 1. The molecule has 1 saturated heterocycles. The van der Waals surface area contributed by atoms with Gasteiger partial charge in [-0.25, -0.2) is 0 Å². The monoisotopic (exact) mass is 447 g/mol. The van der Waals surface area contributed by atoms with Gasteiger partial charge in [0.05, 0.1) is 4.91 Å². The number of hydrogen-bond donors (Lipinski definition) is 1. The first-order valence-corrected chi connectivity index (χ1v) is 11.4. The number of carbonyl (C=O) groups is 3. The first kappa shape index (κ1) is 21.9. The largest absolute Gasteiger partial charge is 0.337 e. The van der Waals surface area contributed by atoms with Crippen molar-refractivity contribution in [3.63, 3.8) is 0 Å². The summed E-state index contributed by atoms with van der Waals surface area (Å²) in [6.45, 7) is 5.94. The van der Waals surface area contributed by atoms with Crippen LogP contribution in [0.15, 0.2) is 59.6 Å². The molecule has 1 aliphatic heterocycles.